The second-order valence-corrected chi connectivity index (χ2v) is 8.17. The van der Waals surface area contributed by atoms with E-state index in [1.807, 2.05) is 0 Å². The lowest BCUT2D eigenvalue weighted by molar-refractivity contribution is 0.413. The van der Waals surface area contributed by atoms with E-state index in [1.165, 1.54) is 29.6 Å². The summed E-state index contributed by atoms with van der Waals surface area (Å²) in [6.07, 6.45) is 0. The zero-order valence-corrected chi connectivity index (χ0v) is 17.2. The first-order chi connectivity index (χ1) is 13.9. The highest BCUT2D eigenvalue weighted by atomic mass is 32.2. The molecule has 3 rings (SSSR count). The first-order valence-electron chi connectivity index (χ1n) is 8.95. The number of rotatable bonds is 7. The summed E-state index contributed by atoms with van der Waals surface area (Å²) in [5.74, 6) is 0.288. The number of benzene rings is 3. The molecule has 7 heteroatoms. The molecule has 0 bridgehead atoms. The molecule has 152 valence electrons. The Morgan fingerprint density at radius 3 is 2.14 bits per heavy atom. The van der Waals surface area contributed by atoms with Gasteiger partial charge in [0.05, 0.1) is 25.9 Å². The molecule has 0 N–H and O–H groups in total. The summed E-state index contributed by atoms with van der Waals surface area (Å²) in [7, 11) is -1.17. The fourth-order valence-electron chi connectivity index (χ4n) is 3.11. The van der Waals surface area contributed by atoms with Gasteiger partial charge in [-0.25, -0.2) is 12.8 Å². The molecule has 0 aliphatic heterocycles. The van der Waals surface area contributed by atoms with Gasteiger partial charge in [-0.05, 0) is 48.9 Å². The van der Waals surface area contributed by atoms with Crippen molar-refractivity contribution in [3.8, 4) is 11.5 Å². The summed E-state index contributed by atoms with van der Waals surface area (Å²) in [5, 5.41) is 0. The van der Waals surface area contributed by atoms with E-state index in [4.69, 9.17) is 9.47 Å². The summed E-state index contributed by atoms with van der Waals surface area (Å²) in [5.41, 5.74) is 1.06. The normalized spacial score (nSPS) is 12.3. The molecule has 0 aromatic heterocycles. The Balaban J connectivity index is 2.20. The maximum absolute atomic E-state index is 14.4. The summed E-state index contributed by atoms with van der Waals surface area (Å²) in [6, 6.07) is 18.5. The largest absolute Gasteiger partial charge is 0.497 e. The van der Waals surface area contributed by atoms with E-state index in [-0.39, 0.29) is 0 Å². The molecule has 0 saturated carbocycles. The highest BCUT2D eigenvalue weighted by Crippen LogP contribution is 2.36. The predicted octanol–water partition coefficient (Wildman–Crippen LogP) is 4.80. The van der Waals surface area contributed by atoms with E-state index in [9.17, 15) is 12.8 Å². The lowest BCUT2D eigenvalue weighted by Crippen LogP contribution is -2.34. The van der Waals surface area contributed by atoms with Gasteiger partial charge in [0.1, 0.15) is 22.2 Å². The van der Waals surface area contributed by atoms with Crippen LogP contribution in [0.15, 0.2) is 77.7 Å². The van der Waals surface area contributed by atoms with Crippen LogP contribution in [0.25, 0.3) is 0 Å². The van der Waals surface area contributed by atoms with Crippen molar-refractivity contribution in [1.82, 2.24) is 0 Å². The molecule has 0 heterocycles. The lowest BCUT2D eigenvalue weighted by atomic mass is 10.1. The second-order valence-electron chi connectivity index (χ2n) is 6.39. The van der Waals surface area contributed by atoms with Gasteiger partial charge in [-0.2, -0.15) is 0 Å². The Labute approximate surface area is 170 Å². The molecule has 3 aromatic carbocycles. The van der Waals surface area contributed by atoms with Crippen LogP contribution in [0.4, 0.5) is 10.1 Å². The maximum atomic E-state index is 14.4. The van der Waals surface area contributed by atoms with Crippen molar-refractivity contribution in [3.63, 3.8) is 0 Å². The van der Waals surface area contributed by atoms with Gasteiger partial charge in [-0.3, -0.25) is 4.31 Å². The first kappa shape index (κ1) is 20.7. The van der Waals surface area contributed by atoms with Gasteiger partial charge in [-0.1, -0.05) is 30.3 Å². The predicted molar refractivity (Wildman–Crippen MR) is 110 cm³/mol. The summed E-state index contributed by atoms with van der Waals surface area (Å²) >= 11 is 0. The monoisotopic (exact) mass is 415 g/mol. The summed E-state index contributed by atoms with van der Waals surface area (Å²) in [6.45, 7) is 1.74. The molecular weight excluding hydrogens is 393 g/mol. The minimum Gasteiger partial charge on any atom is -0.497 e. The zero-order valence-electron chi connectivity index (χ0n) is 16.4. The molecular formula is C22H22FNO4S. The molecule has 29 heavy (non-hydrogen) atoms. The van der Waals surface area contributed by atoms with Crippen molar-refractivity contribution in [3.05, 3.63) is 84.2 Å². The molecule has 5 nitrogen and oxygen atoms in total. The first-order valence-corrected chi connectivity index (χ1v) is 10.4. The van der Waals surface area contributed by atoms with Crippen molar-refractivity contribution < 1.29 is 22.3 Å². The molecule has 0 radical (unpaired) electrons. The second kappa shape index (κ2) is 8.53. The van der Waals surface area contributed by atoms with Crippen molar-refractivity contribution in [2.45, 2.75) is 17.9 Å². The average Bonchev–Trinajstić information content (AvgIpc) is 2.74. The molecule has 0 amide bonds. The van der Waals surface area contributed by atoms with Crippen molar-refractivity contribution in [2.75, 3.05) is 18.5 Å². The molecule has 0 spiro atoms. The molecule has 0 fully saturated rings. The summed E-state index contributed by atoms with van der Waals surface area (Å²) in [4.78, 5) is -0.391. The third-order valence-corrected chi connectivity index (χ3v) is 6.54. The van der Waals surface area contributed by atoms with Crippen molar-refractivity contribution >= 4 is 15.7 Å². The molecule has 0 aliphatic carbocycles. The minimum atomic E-state index is -4.21. The topological polar surface area (TPSA) is 55.8 Å². The minimum absolute atomic E-state index is 0.364. The van der Waals surface area contributed by atoms with Crippen LogP contribution < -0.4 is 13.8 Å². The molecule has 0 saturated heterocycles. The number of nitrogens with zero attached hydrogens (tertiary/aromatic N) is 1. The van der Waals surface area contributed by atoms with Crippen LogP contribution in [0, 0.1) is 5.82 Å². The standard InChI is InChI=1S/C22H22FNO4S/c1-16(17-8-6-10-19(14-17)27-2)24(18-9-7-11-20(15-18)28-3)29(25,26)22-13-5-4-12-21(22)23/h4-16H,1-3H3. The number of anilines is 1. The SMILES string of the molecule is COc1cccc(C(C)N(c2cccc(OC)c2)S(=O)(=O)c2ccccc2F)c1. The van der Waals surface area contributed by atoms with Gasteiger partial charge in [0.25, 0.3) is 10.0 Å². The lowest BCUT2D eigenvalue weighted by Gasteiger charge is -2.31. The van der Waals surface area contributed by atoms with E-state index in [0.717, 1.165) is 6.07 Å². The summed E-state index contributed by atoms with van der Waals surface area (Å²) < 4.78 is 53.2. The maximum Gasteiger partial charge on any atom is 0.267 e. The van der Waals surface area contributed by atoms with Gasteiger partial charge in [0.2, 0.25) is 0 Å². The quantitative estimate of drug-likeness (QED) is 0.556. The van der Waals surface area contributed by atoms with E-state index < -0.39 is 26.8 Å². The number of methoxy groups -OCH3 is 2. The number of hydrogen-bond acceptors (Lipinski definition) is 4. The van der Waals surface area contributed by atoms with E-state index >= 15 is 0 Å². The van der Waals surface area contributed by atoms with Crippen LogP contribution in [-0.4, -0.2) is 22.6 Å². The van der Waals surface area contributed by atoms with Crippen LogP contribution in [0.2, 0.25) is 0 Å². The highest BCUT2D eigenvalue weighted by molar-refractivity contribution is 7.92. The van der Waals surface area contributed by atoms with Crippen LogP contribution in [0.5, 0.6) is 11.5 Å². The number of halogens is 1. The molecule has 1 atom stereocenters. The van der Waals surface area contributed by atoms with Crippen LogP contribution >= 0.6 is 0 Å². The van der Waals surface area contributed by atoms with Gasteiger partial charge in [0.15, 0.2) is 0 Å². The smallest absolute Gasteiger partial charge is 0.267 e. The Bertz CT molecular complexity index is 1100. The van der Waals surface area contributed by atoms with Gasteiger partial charge >= 0.3 is 0 Å². The number of sulfonamides is 1. The fraction of sp³-hybridized carbons (Fsp3) is 0.182. The van der Waals surface area contributed by atoms with E-state index in [2.05, 4.69) is 0 Å². The number of ether oxygens (including phenoxy) is 2. The molecule has 3 aromatic rings. The third-order valence-electron chi connectivity index (χ3n) is 4.61. The van der Waals surface area contributed by atoms with Crippen LogP contribution in [0.1, 0.15) is 18.5 Å². The molecule has 0 aliphatic rings. The van der Waals surface area contributed by atoms with Crippen molar-refractivity contribution in [2.24, 2.45) is 0 Å². The Morgan fingerprint density at radius 2 is 1.48 bits per heavy atom. The van der Waals surface area contributed by atoms with E-state index in [1.54, 1.807) is 62.6 Å². The highest BCUT2D eigenvalue weighted by Gasteiger charge is 2.32. The fourth-order valence-corrected chi connectivity index (χ4v) is 4.82. The van der Waals surface area contributed by atoms with Gasteiger partial charge in [-0.15, -0.1) is 0 Å². The average molecular weight is 415 g/mol. The Morgan fingerprint density at radius 1 is 0.862 bits per heavy atom. The number of hydrogen-bond donors (Lipinski definition) is 0. The van der Waals surface area contributed by atoms with Gasteiger partial charge in [0, 0.05) is 6.07 Å². The van der Waals surface area contributed by atoms with Crippen molar-refractivity contribution in [1.29, 1.82) is 0 Å². The zero-order chi connectivity index (χ0) is 21.0. The van der Waals surface area contributed by atoms with Crippen LogP contribution in [-0.2, 0) is 10.0 Å². The Kier molecular flexibility index (Phi) is 6.08. The third kappa shape index (κ3) is 4.19. The Hall–Kier alpha value is -3.06. The van der Waals surface area contributed by atoms with Crippen LogP contribution in [0.3, 0.4) is 0 Å². The van der Waals surface area contributed by atoms with Gasteiger partial charge < -0.3 is 9.47 Å². The molecule has 1 unspecified atom stereocenters. The van der Waals surface area contributed by atoms with E-state index in [0.29, 0.717) is 22.7 Å².